The van der Waals surface area contributed by atoms with E-state index in [1.165, 1.54) is 0 Å². The van der Waals surface area contributed by atoms with Gasteiger partial charge in [0.1, 0.15) is 0 Å². The van der Waals surface area contributed by atoms with E-state index in [2.05, 4.69) is 12.3 Å². The zero-order chi connectivity index (χ0) is 9.02. The second kappa shape index (κ2) is 4.15. The smallest absolute Gasteiger partial charge is 0.169 e. The van der Waals surface area contributed by atoms with Crippen molar-refractivity contribution < 1.29 is 4.79 Å². The van der Waals surface area contributed by atoms with Gasteiger partial charge in [0.15, 0.2) is 5.78 Å². The minimum absolute atomic E-state index is 0.0873. The highest BCUT2D eigenvalue weighted by Crippen LogP contribution is 2.14. The van der Waals surface area contributed by atoms with Crippen LogP contribution in [-0.4, -0.2) is 5.78 Å². The third kappa shape index (κ3) is 2.73. The summed E-state index contributed by atoms with van der Waals surface area (Å²) in [6.45, 7) is 11.2. The molecule has 0 bridgehead atoms. The van der Waals surface area contributed by atoms with Gasteiger partial charge in [-0.3, -0.25) is 4.79 Å². The summed E-state index contributed by atoms with van der Waals surface area (Å²) in [4.78, 5) is 11.4. The summed E-state index contributed by atoms with van der Waals surface area (Å²) < 4.78 is 0. The molecule has 1 atom stereocenters. The van der Waals surface area contributed by atoms with Crippen LogP contribution in [0.1, 0.15) is 27.7 Å². The van der Waals surface area contributed by atoms with E-state index in [1.807, 2.05) is 20.8 Å². The van der Waals surface area contributed by atoms with Crippen LogP contribution >= 0.6 is 0 Å². The fourth-order valence-electron chi connectivity index (χ4n) is 0.731. The second-order valence-corrected chi connectivity index (χ2v) is 3.20. The maximum atomic E-state index is 11.4. The van der Waals surface area contributed by atoms with Gasteiger partial charge in [0.25, 0.3) is 0 Å². The Labute approximate surface area is 68.8 Å². The monoisotopic (exact) mass is 152 g/mol. The van der Waals surface area contributed by atoms with Crippen LogP contribution in [-0.2, 0) is 4.79 Å². The highest BCUT2D eigenvalue weighted by molar-refractivity contribution is 5.96. The summed E-state index contributed by atoms with van der Waals surface area (Å²) in [6, 6.07) is 0. The average Bonchev–Trinajstić information content (AvgIpc) is 2.00. The molecule has 62 valence electrons. The molecular weight excluding hydrogens is 136 g/mol. The van der Waals surface area contributed by atoms with E-state index < -0.39 is 0 Å². The molecule has 0 N–H and O–H groups in total. The molecule has 1 heteroatoms. The molecule has 0 aliphatic rings. The molecule has 0 amide bonds. The quantitative estimate of drug-likeness (QED) is 0.448. The van der Waals surface area contributed by atoms with Gasteiger partial charge >= 0.3 is 0 Å². The summed E-state index contributed by atoms with van der Waals surface area (Å²) >= 11 is 0. The number of Topliss-reactive ketones (excluding diaryl/α,β-unsaturated/α-hetero) is 1. The van der Waals surface area contributed by atoms with Crippen molar-refractivity contribution in [3.8, 4) is 0 Å². The highest BCUT2D eigenvalue weighted by atomic mass is 16.1. The van der Waals surface area contributed by atoms with E-state index in [0.717, 1.165) is 0 Å². The van der Waals surface area contributed by atoms with Crippen molar-refractivity contribution in [2.45, 2.75) is 27.7 Å². The zero-order valence-corrected chi connectivity index (χ0v) is 7.77. The lowest BCUT2D eigenvalue weighted by Gasteiger charge is -2.12. The summed E-state index contributed by atoms with van der Waals surface area (Å²) in [5.41, 5.74) is 3.26. The van der Waals surface area contributed by atoms with Crippen LogP contribution in [0.4, 0.5) is 0 Å². The normalized spacial score (nSPS) is 12.5. The number of ketones is 1. The lowest BCUT2D eigenvalue weighted by atomic mass is 9.90. The summed E-state index contributed by atoms with van der Waals surface area (Å²) in [7, 11) is 0. The Balaban J connectivity index is 4.38. The van der Waals surface area contributed by atoms with Crippen LogP contribution < -0.4 is 0 Å². The van der Waals surface area contributed by atoms with Crippen molar-refractivity contribution in [2.24, 2.45) is 11.8 Å². The third-order valence-electron chi connectivity index (χ3n) is 2.05. The Bertz CT molecular complexity index is 195. The van der Waals surface area contributed by atoms with E-state index in [0.29, 0.717) is 11.5 Å². The molecule has 1 nitrogen and oxygen atoms in total. The summed E-state index contributed by atoms with van der Waals surface area (Å²) in [5, 5.41) is 0. The lowest BCUT2D eigenvalue weighted by Crippen LogP contribution is -2.17. The largest absolute Gasteiger partial charge is 0.294 e. The van der Waals surface area contributed by atoms with E-state index in [-0.39, 0.29) is 11.7 Å². The van der Waals surface area contributed by atoms with Crippen molar-refractivity contribution in [3.63, 3.8) is 0 Å². The van der Waals surface area contributed by atoms with Crippen molar-refractivity contribution >= 4 is 5.78 Å². The maximum absolute atomic E-state index is 11.4. The van der Waals surface area contributed by atoms with Crippen molar-refractivity contribution in [1.82, 2.24) is 0 Å². The molecule has 0 rings (SSSR count). The highest BCUT2D eigenvalue weighted by Gasteiger charge is 2.17. The summed E-state index contributed by atoms with van der Waals surface area (Å²) in [5.74, 6) is 0.644. The van der Waals surface area contributed by atoms with E-state index >= 15 is 0 Å². The average molecular weight is 152 g/mol. The van der Waals surface area contributed by atoms with Crippen molar-refractivity contribution in [1.29, 1.82) is 0 Å². The van der Waals surface area contributed by atoms with Crippen LogP contribution in [0.15, 0.2) is 17.9 Å². The van der Waals surface area contributed by atoms with Crippen molar-refractivity contribution in [3.05, 3.63) is 17.9 Å². The molecule has 0 aliphatic heterocycles. The minimum Gasteiger partial charge on any atom is -0.294 e. The van der Waals surface area contributed by atoms with Gasteiger partial charge < -0.3 is 0 Å². The molecule has 0 radical (unpaired) electrons. The molecule has 0 saturated carbocycles. The molecule has 0 fully saturated rings. The Morgan fingerprint density at radius 2 is 1.82 bits per heavy atom. The van der Waals surface area contributed by atoms with Crippen LogP contribution in [0.2, 0.25) is 0 Å². The molecule has 0 aliphatic carbocycles. The first-order valence-corrected chi connectivity index (χ1v) is 3.91. The Morgan fingerprint density at radius 3 is 2.09 bits per heavy atom. The number of carbonyl (C=O) groups is 1. The fourth-order valence-corrected chi connectivity index (χ4v) is 0.731. The van der Waals surface area contributed by atoms with Crippen LogP contribution in [0.25, 0.3) is 0 Å². The number of carbonyl (C=O) groups excluding carboxylic acids is 1. The maximum Gasteiger partial charge on any atom is 0.169 e. The molecular formula is C10H16O. The van der Waals surface area contributed by atoms with E-state index in [9.17, 15) is 4.79 Å². The predicted molar refractivity (Wildman–Crippen MR) is 47.3 cm³/mol. The van der Waals surface area contributed by atoms with Gasteiger partial charge in [-0.25, -0.2) is 0 Å². The molecule has 11 heavy (non-hydrogen) atoms. The molecule has 0 aromatic heterocycles. The van der Waals surface area contributed by atoms with Gasteiger partial charge in [-0.05, 0) is 12.8 Å². The number of hydrogen-bond acceptors (Lipinski definition) is 1. The van der Waals surface area contributed by atoms with Crippen molar-refractivity contribution in [2.75, 3.05) is 0 Å². The topological polar surface area (TPSA) is 17.1 Å². The fraction of sp³-hybridized carbons (Fsp3) is 0.600. The predicted octanol–water partition coefficient (Wildman–Crippen LogP) is 2.58. The molecule has 0 spiro atoms. The standard InChI is InChI=1S/C10H16O/c1-6-8(4)10(11)9(5)7(2)3/h7,9H,1H2,2-5H3. The minimum atomic E-state index is 0.0873. The third-order valence-corrected chi connectivity index (χ3v) is 2.05. The number of allylic oxidation sites excluding steroid dienone is 1. The van der Waals surface area contributed by atoms with Crippen LogP contribution in [0, 0.1) is 11.8 Å². The first-order chi connectivity index (χ1) is 5.00. The van der Waals surface area contributed by atoms with Gasteiger partial charge in [-0.1, -0.05) is 27.4 Å². The van der Waals surface area contributed by atoms with E-state index in [1.54, 1.807) is 6.92 Å². The molecule has 0 aromatic carbocycles. The number of rotatable bonds is 3. The SMILES string of the molecule is C=C=C(C)C(=O)C(C)C(C)C. The zero-order valence-electron chi connectivity index (χ0n) is 7.77. The Hall–Kier alpha value is -0.810. The first kappa shape index (κ1) is 10.2. The Kier molecular flexibility index (Phi) is 3.84. The first-order valence-electron chi connectivity index (χ1n) is 3.91. The molecule has 0 saturated heterocycles. The van der Waals surface area contributed by atoms with Crippen LogP contribution in [0.5, 0.6) is 0 Å². The summed E-state index contributed by atoms with van der Waals surface area (Å²) in [6.07, 6.45) is 0. The molecule has 0 heterocycles. The second-order valence-electron chi connectivity index (χ2n) is 3.20. The van der Waals surface area contributed by atoms with E-state index in [4.69, 9.17) is 0 Å². The van der Waals surface area contributed by atoms with Gasteiger partial charge in [0.2, 0.25) is 0 Å². The van der Waals surface area contributed by atoms with Gasteiger partial charge in [0, 0.05) is 11.5 Å². The molecule has 0 aromatic rings. The van der Waals surface area contributed by atoms with Crippen LogP contribution in [0.3, 0.4) is 0 Å². The van der Waals surface area contributed by atoms with Gasteiger partial charge in [0.05, 0.1) is 0 Å². The van der Waals surface area contributed by atoms with Gasteiger partial charge in [-0.2, -0.15) is 0 Å². The molecule has 1 unspecified atom stereocenters. The number of hydrogen-bond donors (Lipinski definition) is 0. The van der Waals surface area contributed by atoms with Gasteiger partial charge in [-0.15, -0.1) is 5.73 Å². The lowest BCUT2D eigenvalue weighted by molar-refractivity contribution is -0.119. The Morgan fingerprint density at radius 1 is 1.36 bits per heavy atom.